The summed E-state index contributed by atoms with van der Waals surface area (Å²) in [5.41, 5.74) is 1.60. The fourth-order valence-corrected chi connectivity index (χ4v) is 4.15. The number of alkyl halides is 3. The fourth-order valence-electron chi connectivity index (χ4n) is 4.15. The third-order valence-corrected chi connectivity index (χ3v) is 5.73. The maximum atomic E-state index is 12.3. The van der Waals surface area contributed by atoms with E-state index in [-0.39, 0.29) is 30.2 Å². The fraction of sp³-hybridized carbons (Fsp3) is 0.545. The van der Waals surface area contributed by atoms with Gasteiger partial charge in [0.25, 0.3) is 0 Å². The lowest BCUT2D eigenvalue weighted by molar-refractivity contribution is -0.274. The molecule has 0 saturated heterocycles. The number of rotatable bonds is 10. The molecule has 1 aliphatic carbocycles. The molecule has 0 amide bonds. The monoisotopic (exact) mass is 455 g/mol. The van der Waals surface area contributed by atoms with Gasteiger partial charge >= 0.3 is 6.36 Å². The molecule has 0 spiro atoms. The third-order valence-electron chi connectivity index (χ3n) is 5.73. The van der Waals surface area contributed by atoms with Gasteiger partial charge in [-0.05, 0) is 42.5 Å². The summed E-state index contributed by atoms with van der Waals surface area (Å²) >= 11 is 0. The van der Waals surface area contributed by atoms with Crippen molar-refractivity contribution < 1.29 is 32.9 Å². The number of benzene rings is 1. The summed E-state index contributed by atoms with van der Waals surface area (Å²) in [5.74, 6) is 0.0402. The molecule has 0 aliphatic heterocycles. The van der Waals surface area contributed by atoms with E-state index >= 15 is 0 Å². The molecule has 0 bridgehead atoms. The Morgan fingerprint density at radius 2 is 1.91 bits per heavy atom. The number of nitrogens with one attached hydrogen (secondary N) is 1. The number of aromatic nitrogens is 2. The first kappa shape index (κ1) is 24.4. The maximum Gasteiger partial charge on any atom is 0.573 e. The molecule has 4 atom stereocenters. The van der Waals surface area contributed by atoms with Crippen LogP contribution in [0.25, 0.3) is 0 Å². The number of ether oxygens (including phenoxy) is 2. The van der Waals surface area contributed by atoms with Crippen LogP contribution in [0, 0.1) is 11.8 Å². The summed E-state index contributed by atoms with van der Waals surface area (Å²) in [4.78, 5) is 8.81. The Bertz CT molecular complexity index is 851. The van der Waals surface area contributed by atoms with Gasteiger partial charge in [-0.25, -0.2) is 9.97 Å². The van der Waals surface area contributed by atoms with E-state index in [2.05, 4.69) is 20.0 Å². The van der Waals surface area contributed by atoms with Crippen LogP contribution in [0.15, 0.2) is 36.5 Å². The molecule has 1 heterocycles. The van der Waals surface area contributed by atoms with Crippen molar-refractivity contribution in [2.24, 2.45) is 11.8 Å². The summed E-state index contributed by atoms with van der Waals surface area (Å²) in [6.45, 7) is 0.776. The number of aliphatic hydroxyl groups excluding tert-OH is 2. The van der Waals surface area contributed by atoms with Gasteiger partial charge in [0.1, 0.15) is 11.6 Å². The van der Waals surface area contributed by atoms with Crippen molar-refractivity contribution >= 4 is 0 Å². The molecule has 32 heavy (non-hydrogen) atoms. The van der Waals surface area contributed by atoms with Crippen molar-refractivity contribution in [3.05, 3.63) is 53.6 Å². The molecule has 4 unspecified atom stereocenters. The standard InChI is InChI=1S/C22H28F3N3O4/c1-31-9-7-21-26-8-6-15(28-21)10-17-18(13-29)20(30)11-19(17)27-12-14-2-4-16(5-3-14)32-22(23,24)25/h2-6,8,17-20,27,29-30H,7,9-13H2,1H3. The highest BCUT2D eigenvalue weighted by Crippen LogP contribution is 2.35. The Hall–Kier alpha value is -2.27. The van der Waals surface area contributed by atoms with Crippen molar-refractivity contribution in [1.29, 1.82) is 0 Å². The zero-order valence-corrected chi connectivity index (χ0v) is 17.8. The second-order valence-corrected chi connectivity index (χ2v) is 7.90. The van der Waals surface area contributed by atoms with Crippen LogP contribution in [0.5, 0.6) is 5.75 Å². The number of methoxy groups -OCH3 is 1. The molecule has 1 aromatic carbocycles. The first-order valence-electron chi connectivity index (χ1n) is 10.5. The molecular weight excluding hydrogens is 427 g/mol. The van der Waals surface area contributed by atoms with Gasteiger partial charge in [0.05, 0.1) is 12.7 Å². The molecule has 176 valence electrons. The van der Waals surface area contributed by atoms with Crippen molar-refractivity contribution in [2.75, 3.05) is 20.3 Å². The molecule has 2 aromatic rings. The highest BCUT2D eigenvalue weighted by atomic mass is 19.4. The van der Waals surface area contributed by atoms with Crippen LogP contribution in [-0.2, 0) is 24.1 Å². The van der Waals surface area contributed by atoms with Crippen molar-refractivity contribution in [3.63, 3.8) is 0 Å². The smallest absolute Gasteiger partial charge is 0.406 e. The van der Waals surface area contributed by atoms with Crippen LogP contribution < -0.4 is 10.1 Å². The normalized spacial score (nSPS) is 23.4. The van der Waals surface area contributed by atoms with E-state index in [1.165, 1.54) is 12.1 Å². The van der Waals surface area contributed by atoms with Crippen molar-refractivity contribution in [2.45, 2.75) is 44.3 Å². The Kier molecular flexibility index (Phi) is 8.41. The largest absolute Gasteiger partial charge is 0.573 e. The minimum Gasteiger partial charge on any atom is -0.406 e. The molecule has 3 rings (SSSR count). The summed E-state index contributed by atoms with van der Waals surface area (Å²) in [6.07, 6.45) is -2.07. The van der Waals surface area contributed by atoms with E-state index < -0.39 is 12.5 Å². The van der Waals surface area contributed by atoms with Gasteiger partial charge in [0.2, 0.25) is 0 Å². The van der Waals surface area contributed by atoms with E-state index in [1.54, 1.807) is 25.4 Å². The van der Waals surface area contributed by atoms with E-state index in [9.17, 15) is 23.4 Å². The van der Waals surface area contributed by atoms with Gasteiger partial charge in [-0.15, -0.1) is 13.2 Å². The van der Waals surface area contributed by atoms with Crippen LogP contribution in [0.1, 0.15) is 23.5 Å². The molecule has 10 heteroatoms. The predicted octanol–water partition coefficient (Wildman–Crippen LogP) is 2.25. The van der Waals surface area contributed by atoms with Crippen LogP contribution in [-0.4, -0.2) is 59.0 Å². The maximum absolute atomic E-state index is 12.3. The van der Waals surface area contributed by atoms with E-state index in [1.807, 2.05) is 6.07 Å². The summed E-state index contributed by atoms with van der Waals surface area (Å²) in [5, 5.41) is 23.7. The van der Waals surface area contributed by atoms with Gasteiger partial charge in [0.15, 0.2) is 0 Å². The highest BCUT2D eigenvalue weighted by Gasteiger charge is 2.42. The summed E-state index contributed by atoms with van der Waals surface area (Å²) in [6, 6.07) is 7.39. The number of nitrogens with zero attached hydrogens (tertiary/aromatic N) is 2. The first-order valence-corrected chi connectivity index (χ1v) is 10.5. The number of hydrogen-bond acceptors (Lipinski definition) is 7. The topological polar surface area (TPSA) is 96.7 Å². The second-order valence-electron chi connectivity index (χ2n) is 7.90. The van der Waals surface area contributed by atoms with Crippen molar-refractivity contribution in [1.82, 2.24) is 15.3 Å². The Morgan fingerprint density at radius 3 is 2.56 bits per heavy atom. The Balaban J connectivity index is 1.64. The van der Waals surface area contributed by atoms with E-state index in [0.717, 1.165) is 11.3 Å². The molecule has 1 aliphatic rings. The van der Waals surface area contributed by atoms with Crippen LogP contribution in [0.4, 0.5) is 13.2 Å². The number of hydrogen-bond donors (Lipinski definition) is 3. The minimum absolute atomic E-state index is 0.0620. The molecule has 1 fully saturated rings. The first-order chi connectivity index (χ1) is 15.3. The Morgan fingerprint density at radius 1 is 1.16 bits per heavy atom. The average Bonchev–Trinajstić information content (AvgIpc) is 3.05. The van der Waals surface area contributed by atoms with E-state index in [0.29, 0.717) is 38.2 Å². The Labute approximate surface area is 184 Å². The SMILES string of the molecule is COCCc1nccc(CC2C(NCc3ccc(OC(F)(F)F)cc3)CC(O)C2CO)n1. The lowest BCUT2D eigenvalue weighted by Gasteiger charge is -2.25. The van der Waals surface area contributed by atoms with Gasteiger partial charge in [-0.1, -0.05) is 12.1 Å². The van der Waals surface area contributed by atoms with Crippen LogP contribution in [0.2, 0.25) is 0 Å². The number of aliphatic hydroxyl groups is 2. The minimum atomic E-state index is -4.73. The lowest BCUT2D eigenvalue weighted by atomic mass is 9.88. The van der Waals surface area contributed by atoms with Crippen LogP contribution >= 0.6 is 0 Å². The second kappa shape index (κ2) is 11.0. The van der Waals surface area contributed by atoms with Crippen molar-refractivity contribution in [3.8, 4) is 5.75 Å². The molecule has 7 nitrogen and oxygen atoms in total. The average molecular weight is 455 g/mol. The van der Waals surface area contributed by atoms with Gasteiger partial charge in [-0.2, -0.15) is 0 Å². The number of halogens is 3. The quantitative estimate of drug-likeness (QED) is 0.506. The summed E-state index contributed by atoms with van der Waals surface area (Å²) < 4.78 is 45.9. The molecule has 1 saturated carbocycles. The van der Waals surface area contributed by atoms with Gasteiger partial charge in [0, 0.05) is 50.5 Å². The molecular formula is C22H28F3N3O4. The zero-order chi connectivity index (χ0) is 23.1. The summed E-state index contributed by atoms with van der Waals surface area (Å²) in [7, 11) is 1.61. The molecule has 1 aromatic heterocycles. The lowest BCUT2D eigenvalue weighted by Crippen LogP contribution is -2.36. The molecule has 0 radical (unpaired) electrons. The van der Waals surface area contributed by atoms with Gasteiger partial charge < -0.3 is 25.0 Å². The highest BCUT2D eigenvalue weighted by molar-refractivity contribution is 5.27. The zero-order valence-electron chi connectivity index (χ0n) is 17.8. The van der Waals surface area contributed by atoms with Crippen LogP contribution in [0.3, 0.4) is 0 Å². The predicted molar refractivity (Wildman–Crippen MR) is 110 cm³/mol. The van der Waals surface area contributed by atoms with Gasteiger partial charge in [-0.3, -0.25) is 0 Å². The third kappa shape index (κ3) is 6.86. The molecule has 3 N–H and O–H groups in total. The van der Waals surface area contributed by atoms with E-state index in [4.69, 9.17) is 4.74 Å².